The van der Waals surface area contributed by atoms with Gasteiger partial charge in [0.25, 0.3) is 0 Å². The van der Waals surface area contributed by atoms with Crippen LogP contribution in [0.2, 0.25) is 5.15 Å². The minimum absolute atomic E-state index is 0. The molecule has 0 aliphatic carbocycles. The average molecular weight is 303 g/mol. The summed E-state index contributed by atoms with van der Waals surface area (Å²) in [6.07, 6.45) is 6.68. The number of likely N-dealkylation sites (tertiary alicyclic amines) is 1. The Morgan fingerprint density at radius 3 is 3.05 bits per heavy atom. The maximum absolute atomic E-state index is 6.00. The van der Waals surface area contributed by atoms with E-state index in [0.29, 0.717) is 24.2 Å². The highest BCUT2D eigenvalue weighted by Crippen LogP contribution is 2.21. The normalized spacial score (nSPS) is 18.9. The second-order valence-electron chi connectivity index (χ2n) is 4.70. The zero-order chi connectivity index (χ0) is 13.0. The molecule has 2 heterocycles. The SMILES string of the molecule is C=CCc1cc(OC[C@@H]2CCCN2C)cnc1Cl.Cl. The molecule has 0 bridgehead atoms. The lowest BCUT2D eigenvalue weighted by Crippen LogP contribution is -2.30. The Bertz CT molecular complexity index is 426. The van der Waals surface area contributed by atoms with E-state index in [0.717, 1.165) is 17.9 Å². The molecule has 0 N–H and O–H groups in total. The Labute approximate surface area is 126 Å². The molecule has 1 fully saturated rings. The molecule has 0 amide bonds. The molecule has 1 saturated heterocycles. The first-order chi connectivity index (χ1) is 8.70. The number of hydrogen-bond acceptors (Lipinski definition) is 3. The number of halogens is 2. The zero-order valence-corrected chi connectivity index (χ0v) is 12.7. The van der Waals surface area contributed by atoms with Gasteiger partial charge in [-0.2, -0.15) is 0 Å². The van der Waals surface area contributed by atoms with Crippen molar-refractivity contribution >= 4 is 24.0 Å². The summed E-state index contributed by atoms with van der Waals surface area (Å²) in [5, 5.41) is 0.528. The maximum Gasteiger partial charge on any atom is 0.138 e. The van der Waals surface area contributed by atoms with Gasteiger partial charge < -0.3 is 9.64 Å². The fourth-order valence-corrected chi connectivity index (χ4v) is 2.41. The van der Waals surface area contributed by atoms with Crippen LogP contribution in [0.25, 0.3) is 0 Å². The number of allylic oxidation sites excluding steroid dienone is 1. The fraction of sp³-hybridized carbons (Fsp3) is 0.500. The highest BCUT2D eigenvalue weighted by Gasteiger charge is 2.21. The quantitative estimate of drug-likeness (QED) is 0.616. The molecule has 1 aliphatic heterocycles. The van der Waals surface area contributed by atoms with Gasteiger partial charge in [-0.15, -0.1) is 19.0 Å². The van der Waals surface area contributed by atoms with Crippen LogP contribution in [-0.4, -0.2) is 36.1 Å². The third-order valence-corrected chi connectivity index (χ3v) is 3.71. The van der Waals surface area contributed by atoms with Gasteiger partial charge in [0, 0.05) is 6.04 Å². The topological polar surface area (TPSA) is 25.4 Å². The van der Waals surface area contributed by atoms with E-state index in [-0.39, 0.29) is 12.4 Å². The van der Waals surface area contributed by atoms with Gasteiger partial charge in [-0.05, 0) is 44.5 Å². The first-order valence-electron chi connectivity index (χ1n) is 6.29. The van der Waals surface area contributed by atoms with E-state index >= 15 is 0 Å². The van der Waals surface area contributed by atoms with E-state index in [1.54, 1.807) is 6.20 Å². The second-order valence-corrected chi connectivity index (χ2v) is 5.06. The molecule has 1 aromatic heterocycles. The van der Waals surface area contributed by atoms with Crippen molar-refractivity contribution in [2.24, 2.45) is 0 Å². The van der Waals surface area contributed by atoms with Crippen LogP contribution in [0.4, 0.5) is 0 Å². The summed E-state index contributed by atoms with van der Waals surface area (Å²) in [6, 6.07) is 2.47. The van der Waals surface area contributed by atoms with Gasteiger partial charge in [0.1, 0.15) is 17.5 Å². The maximum atomic E-state index is 6.00. The first-order valence-corrected chi connectivity index (χ1v) is 6.67. The molecule has 1 atom stereocenters. The van der Waals surface area contributed by atoms with Crippen LogP contribution in [0.1, 0.15) is 18.4 Å². The van der Waals surface area contributed by atoms with Gasteiger partial charge in [-0.3, -0.25) is 0 Å². The minimum Gasteiger partial charge on any atom is -0.490 e. The zero-order valence-electron chi connectivity index (χ0n) is 11.1. The molecule has 0 spiro atoms. The molecule has 3 nitrogen and oxygen atoms in total. The van der Waals surface area contributed by atoms with Crippen molar-refractivity contribution in [3.05, 3.63) is 35.6 Å². The van der Waals surface area contributed by atoms with Crippen molar-refractivity contribution in [2.75, 3.05) is 20.2 Å². The lowest BCUT2D eigenvalue weighted by Gasteiger charge is -2.19. The van der Waals surface area contributed by atoms with Crippen molar-refractivity contribution in [3.63, 3.8) is 0 Å². The van der Waals surface area contributed by atoms with Crippen LogP contribution < -0.4 is 4.74 Å². The van der Waals surface area contributed by atoms with E-state index < -0.39 is 0 Å². The molecule has 2 rings (SSSR count). The summed E-state index contributed by atoms with van der Waals surface area (Å²) < 4.78 is 5.81. The third kappa shape index (κ3) is 4.37. The molecule has 106 valence electrons. The molecule has 19 heavy (non-hydrogen) atoms. The van der Waals surface area contributed by atoms with Gasteiger partial charge in [0.2, 0.25) is 0 Å². The van der Waals surface area contributed by atoms with E-state index in [1.807, 2.05) is 12.1 Å². The number of rotatable bonds is 5. The number of likely N-dealkylation sites (N-methyl/N-ethyl adjacent to an activating group) is 1. The fourth-order valence-electron chi connectivity index (χ4n) is 2.23. The number of hydrogen-bond donors (Lipinski definition) is 0. The van der Waals surface area contributed by atoms with Crippen LogP contribution in [0.15, 0.2) is 24.9 Å². The van der Waals surface area contributed by atoms with Gasteiger partial charge in [-0.25, -0.2) is 4.98 Å². The van der Waals surface area contributed by atoms with Crippen molar-refractivity contribution in [2.45, 2.75) is 25.3 Å². The monoisotopic (exact) mass is 302 g/mol. The Morgan fingerprint density at radius 2 is 2.42 bits per heavy atom. The van der Waals surface area contributed by atoms with E-state index in [4.69, 9.17) is 16.3 Å². The summed E-state index contributed by atoms with van der Waals surface area (Å²) >= 11 is 6.00. The molecule has 5 heteroatoms. The van der Waals surface area contributed by atoms with Crippen LogP contribution in [0.3, 0.4) is 0 Å². The lowest BCUT2D eigenvalue weighted by atomic mass is 10.2. The smallest absolute Gasteiger partial charge is 0.138 e. The summed E-state index contributed by atoms with van der Waals surface area (Å²) in [5.74, 6) is 0.788. The molecule has 1 aliphatic rings. The summed E-state index contributed by atoms with van der Waals surface area (Å²) in [4.78, 5) is 6.48. The van der Waals surface area contributed by atoms with Gasteiger partial charge >= 0.3 is 0 Å². The van der Waals surface area contributed by atoms with Gasteiger partial charge in [-0.1, -0.05) is 17.7 Å². The minimum atomic E-state index is 0. The van der Waals surface area contributed by atoms with Gasteiger partial charge in [0.05, 0.1) is 6.20 Å². The van der Waals surface area contributed by atoms with E-state index in [1.165, 1.54) is 12.8 Å². The van der Waals surface area contributed by atoms with Crippen LogP contribution in [-0.2, 0) is 6.42 Å². The van der Waals surface area contributed by atoms with Crippen molar-refractivity contribution in [3.8, 4) is 5.75 Å². The predicted molar refractivity (Wildman–Crippen MR) is 81.5 cm³/mol. The van der Waals surface area contributed by atoms with E-state index in [2.05, 4.69) is 23.5 Å². The first kappa shape index (κ1) is 16.3. The Hall–Kier alpha value is -0.770. The van der Waals surface area contributed by atoms with Crippen molar-refractivity contribution < 1.29 is 4.74 Å². The molecular weight excluding hydrogens is 283 g/mol. The molecule has 0 unspecified atom stereocenters. The van der Waals surface area contributed by atoms with Crippen molar-refractivity contribution in [1.29, 1.82) is 0 Å². The second kappa shape index (κ2) is 7.73. The summed E-state index contributed by atoms with van der Waals surface area (Å²) in [5.41, 5.74) is 0.962. The lowest BCUT2D eigenvalue weighted by molar-refractivity contribution is 0.197. The highest BCUT2D eigenvalue weighted by atomic mass is 35.5. The predicted octanol–water partition coefficient (Wildman–Crippen LogP) is 3.36. The average Bonchev–Trinajstić information content (AvgIpc) is 2.76. The van der Waals surface area contributed by atoms with Crippen molar-refractivity contribution in [1.82, 2.24) is 9.88 Å². The largest absolute Gasteiger partial charge is 0.490 e. The van der Waals surface area contributed by atoms with Crippen LogP contribution in [0.5, 0.6) is 5.75 Å². The number of aromatic nitrogens is 1. The third-order valence-electron chi connectivity index (χ3n) is 3.36. The number of ether oxygens (including phenoxy) is 1. The van der Waals surface area contributed by atoms with Crippen LogP contribution in [0, 0.1) is 0 Å². The molecule has 0 radical (unpaired) electrons. The molecule has 1 aromatic rings. The van der Waals surface area contributed by atoms with E-state index in [9.17, 15) is 0 Å². The Kier molecular flexibility index (Phi) is 6.63. The highest BCUT2D eigenvalue weighted by molar-refractivity contribution is 6.30. The van der Waals surface area contributed by atoms with Gasteiger partial charge in [0.15, 0.2) is 0 Å². The molecular formula is C14H20Cl2N2O. The standard InChI is InChI=1S/C14H19ClN2O.ClH/c1-3-5-11-8-13(9-16-14(11)15)18-10-12-6-4-7-17(12)2;/h3,8-9,12H,1,4-7,10H2,2H3;1H/t12-;/m0./s1. The summed E-state index contributed by atoms with van der Waals surface area (Å²) in [6.45, 7) is 5.59. The number of nitrogens with zero attached hydrogens (tertiary/aromatic N) is 2. The van der Waals surface area contributed by atoms with Crippen LogP contribution >= 0.6 is 24.0 Å². The Balaban J connectivity index is 0.00000180. The summed E-state index contributed by atoms with van der Waals surface area (Å²) in [7, 11) is 2.14. The molecule has 0 saturated carbocycles. The Morgan fingerprint density at radius 1 is 1.63 bits per heavy atom. The number of pyridine rings is 1. The molecule has 0 aromatic carbocycles.